The molecular formula is C14H19NO2. The van der Waals surface area contributed by atoms with Gasteiger partial charge in [-0.15, -0.1) is 0 Å². The Bertz CT molecular complexity index is 395. The molecule has 92 valence electrons. The molecule has 17 heavy (non-hydrogen) atoms. The third-order valence-corrected chi connectivity index (χ3v) is 3.28. The van der Waals surface area contributed by atoms with Crippen molar-refractivity contribution < 1.29 is 10.2 Å². The molecule has 1 aliphatic heterocycles. The smallest absolute Gasteiger partial charge is 0.123 e. The van der Waals surface area contributed by atoms with Crippen LogP contribution in [0.15, 0.2) is 24.8 Å². The number of aliphatic hydroxyl groups excluding tert-OH is 1. The van der Waals surface area contributed by atoms with E-state index in [0.717, 1.165) is 43.6 Å². The summed E-state index contributed by atoms with van der Waals surface area (Å²) in [5, 5.41) is 19.2. The van der Waals surface area contributed by atoms with Crippen LogP contribution >= 0.6 is 0 Å². The lowest BCUT2D eigenvalue weighted by Gasteiger charge is -2.29. The first kappa shape index (κ1) is 12.1. The summed E-state index contributed by atoms with van der Waals surface area (Å²) in [7, 11) is 0. The van der Waals surface area contributed by atoms with E-state index < -0.39 is 0 Å². The molecule has 0 bridgehead atoms. The van der Waals surface area contributed by atoms with Gasteiger partial charge in [0, 0.05) is 25.2 Å². The second-order valence-electron chi connectivity index (χ2n) is 4.60. The Kier molecular flexibility index (Phi) is 3.82. The maximum Gasteiger partial charge on any atom is 0.123 e. The molecule has 0 aromatic heterocycles. The van der Waals surface area contributed by atoms with Gasteiger partial charge in [-0.25, -0.2) is 0 Å². The molecule has 1 saturated heterocycles. The minimum absolute atomic E-state index is 0.136. The highest BCUT2D eigenvalue weighted by Gasteiger charge is 2.16. The SMILES string of the molecule is C=Cc1ccc(CN2CCC(O)CC2)cc1O. The Hall–Kier alpha value is -1.32. The number of nitrogens with zero attached hydrogens (tertiary/aromatic N) is 1. The van der Waals surface area contributed by atoms with Crippen LogP contribution in [0.25, 0.3) is 6.08 Å². The lowest BCUT2D eigenvalue weighted by molar-refractivity contribution is 0.0792. The van der Waals surface area contributed by atoms with Crippen molar-refractivity contribution in [2.75, 3.05) is 13.1 Å². The van der Waals surface area contributed by atoms with Crippen molar-refractivity contribution in [2.45, 2.75) is 25.5 Å². The number of benzene rings is 1. The molecule has 2 N–H and O–H groups in total. The van der Waals surface area contributed by atoms with Crippen LogP contribution in [0.2, 0.25) is 0 Å². The zero-order valence-corrected chi connectivity index (χ0v) is 9.97. The third kappa shape index (κ3) is 3.08. The van der Waals surface area contributed by atoms with Crippen LogP contribution in [0.5, 0.6) is 5.75 Å². The Morgan fingerprint density at radius 1 is 1.35 bits per heavy atom. The molecule has 1 aromatic rings. The van der Waals surface area contributed by atoms with Gasteiger partial charge >= 0.3 is 0 Å². The van der Waals surface area contributed by atoms with E-state index in [1.54, 1.807) is 12.1 Å². The summed E-state index contributed by atoms with van der Waals surface area (Å²) >= 11 is 0. The first-order valence-corrected chi connectivity index (χ1v) is 6.04. The molecule has 0 radical (unpaired) electrons. The third-order valence-electron chi connectivity index (χ3n) is 3.28. The van der Waals surface area contributed by atoms with Gasteiger partial charge in [0.2, 0.25) is 0 Å². The van der Waals surface area contributed by atoms with E-state index >= 15 is 0 Å². The van der Waals surface area contributed by atoms with Crippen LogP contribution < -0.4 is 0 Å². The summed E-state index contributed by atoms with van der Waals surface area (Å²) in [4.78, 5) is 2.30. The molecule has 1 aliphatic rings. The Morgan fingerprint density at radius 2 is 2.06 bits per heavy atom. The molecule has 3 heteroatoms. The van der Waals surface area contributed by atoms with Crippen LogP contribution in [-0.4, -0.2) is 34.3 Å². The molecule has 1 aromatic carbocycles. The van der Waals surface area contributed by atoms with Gasteiger partial charge in [0.25, 0.3) is 0 Å². The van der Waals surface area contributed by atoms with Crippen LogP contribution in [-0.2, 0) is 6.54 Å². The van der Waals surface area contributed by atoms with Crippen LogP contribution in [0, 0.1) is 0 Å². The number of phenols is 1. The largest absolute Gasteiger partial charge is 0.507 e. The van der Waals surface area contributed by atoms with Gasteiger partial charge < -0.3 is 10.2 Å². The van der Waals surface area contributed by atoms with Crippen LogP contribution in [0.3, 0.4) is 0 Å². The van der Waals surface area contributed by atoms with Gasteiger partial charge in [0.05, 0.1) is 6.10 Å². The predicted molar refractivity (Wildman–Crippen MR) is 68.7 cm³/mol. The summed E-state index contributed by atoms with van der Waals surface area (Å²) in [5.74, 6) is 0.287. The Labute approximate surface area is 102 Å². The van der Waals surface area contributed by atoms with E-state index in [9.17, 15) is 10.2 Å². The van der Waals surface area contributed by atoms with Crippen LogP contribution in [0.4, 0.5) is 0 Å². The fraction of sp³-hybridized carbons (Fsp3) is 0.429. The molecular weight excluding hydrogens is 214 g/mol. The molecule has 3 nitrogen and oxygen atoms in total. The number of phenolic OH excluding ortho intramolecular Hbond substituents is 1. The van der Waals surface area contributed by atoms with Crippen molar-refractivity contribution in [2.24, 2.45) is 0 Å². The first-order valence-electron chi connectivity index (χ1n) is 6.04. The van der Waals surface area contributed by atoms with Gasteiger partial charge in [0.15, 0.2) is 0 Å². The minimum Gasteiger partial charge on any atom is -0.507 e. The molecule has 0 amide bonds. The van der Waals surface area contributed by atoms with Crippen molar-refractivity contribution >= 4 is 6.08 Å². The summed E-state index contributed by atoms with van der Waals surface area (Å²) in [5.41, 5.74) is 1.87. The monoisotopic (exact) mass is 233 g/mol. The highest BCUT2D eigenvalue weighted by molar-refractivity contribution is 5.55. The molecule has 1 fully saturated rings. The lowest BCUT2D eigenvalue weighted by atomic mass is 10.1. The molecule has 0 saturated carbocycles. The van der Waals surface area contributed by atoms with Gasteiger partial charge in [-0.3, -0.25) is 4.90 Å². The fourth-order valence-corrected chi connectivity index (χ4v) is 2.20. The van der Waals surface area contributed by atoms with Gasteiger partial charge in [-0.2, -0.15) is 0 Å². The van der Waals surface area contributed by atoms with E-state index in [2.05, 4.69) is 11.5 Å². The van der Waals surface area contributed by atoms with E-state index in [-0.39, 0.29) is 11.9 Å². The highest BCUT2D eigenvalue weighted by atomic mass is 16.3. The van der Waals surface area contributed by atoms with Crippen molar-refractivity contribution in [1.29, 1.82) is 0 Å². The quantitative estimate of drug-likeness (QED) is 0.839. The van der Waals surface area contributed by atoms with Crippen molar-refractivity contribution in [3.8, 4) is 5.75 Å². The first-order chi connectivity index (χ1) is 8.19. The summed E-state index contributed by atoms with van der Waals surface area (Å²) in [6.07, 6.45) is 3.20. The highest BCUT2D eigenvalue weighted by Crippen LogP contribution is 2.21. The second kappa shape index (κ2) is 5.34. The van der Waals surface area contributed by atoms with E-state index in [4.69, 9.17) is 0 Å². The average molecular weight is 233 g/mol. The number of hydrogen-bond acceptors (Lipinski definition) is 3. The van der Waals surface area contributed by atoms with Crippen molar-refractivity contribution in [1.82, 2.24) is 4.90 Å². The molecule has 0 aliphatic carbocycles. The fourth-order valence-electron chi connectivity index (χ4n) is 2.20. The molecule has 2 rings (SSSR count). The molecule has 1 heterocycles. The van der Waals surface area contributed by atoms with Gasteiger partial charge in [-0.05, 0) is 24.5 Å². The second-order valence-corrected chi connectivity index (χ2v) is 4.60. The number of hydrogen-bond donors (Lipinski definition) is 2. The van der Waals surface area contributed by atoms with E-state index in [1.807, 2.05) is 12.1 Å². The zero-order valence-electron chi connectivity index (χ0n) is 9.97. The normalized spacial score (nSPS) is 18.2. The summed E-state index contributed by atoms with van der Waals surface area (Å²) < 4.78 is 0. The number of aliphatic hydroxyl groups is 1. The Morgan fingerprint density at radius 3 is 2.65 bits per heavy atom. The number of likely N-dealkylation sites (tertiary alicyclic amines) is 1. The van der Waals surface area contributed by atoms with Gasteiger partial charge in [0.1, 0.15) is 5.75 Å². The summed E-state index contributed by atoms with van der Waals surface area (Å²) in [6.45, 7) is 6.32. The maximum atomic E-state index is 9.73. The Balaban J connectivity index is 1.99. The maximum absolute atomic E-state index is 9.73. The van der Waals surface area contributed by atoms with Gasteiger partial charge in [-0.1, -0.05) is 24.8 Å². The summed E-state index contributed by atoms with van der Waals surface area (Å²) in [6, 6.07) is 5.69. The minimum atomic E-state index is -0.136. The standard InChI is InChI=1S/C14H19NO2/c1-2-12-4-3-11(9-14(12)17)10-15-7-5-13(16)6-8-15/h2-4,9,13,16-17H,1,5-8,10H2. The van der Waals surface area contributed by atoms with Crippen molar-refractivity contribution in [3.05, 3.63) is 35.9 Å². The number of piperidine rings is 1. The topological polar surface area (TPSA) is 43.7 Å². The van der Waals surface area contributed by atoms with E-state index in [0.29, 0.717) is 0 Å². The van der Waals surface area contributed by atoms with E-state index in [1.165, 1.54) is 0 Å². The average Bonchev–Trinajstić information content (AvgIpc) is 2.32. The molecule has 0 unspecified atom stereocenters. The predicted octanol–water partition coefficient (Wildman–Crippen LogP) is 1.99. The zero-order chi connectivity index (χ0) is 12.3. The molecule has 0 atom stereocenters. The molecule has 0 spiro atoms. The number of rotatable bonds is 3. The van der Waals surface area contributed by atoms with Crippen LogP contribution in [0.1, 0.15) is 24.0 Å². The van der Waals surface area contributed by atoms with Crippen molar-refractivity contribution in [3.63, 3.8) is 0 Å². The lowest BCUT2D eigenvalue weighted by Crippen LogP contribution is -2.35. The number of aromatic hydroxyl groups is 1.